The summed E-state index contributed by atoms with van der Waals surface area (Å²) in [7, 11) is 1.59. The smallest absolute Gasteiger partial charge is 0.220 e. The molecule has 54 valence electrons. The van der Waals surface area contributed by atoms with Crippen molar-refractivity contribution in [2.45, 2.75) is 13.3 Å². The maximum Gasteiger partial charge on any atom is 0.220 e. The number of carbonyl (C=O) groups excluding carboxylic acids is 1. The summed E-state index contributed by atoms with van der Waals surface area (Å²) in [6, 6.07) is 0. The highest BCUT2D eigenvalue weighted by atomic mass is 16.3. The molecule has 0 aliphatic carbocycles. The standard InChI is InChI=1S/C6H13NO2/c1-5(4-8)3-6(9)7-2/h5,8H,3-4H2,1-2H3,(H,7,9). The number of carbonyl (C=O) groups is 1. The van der Waals surface area contributed by atoms with Crippen molar-refractivity contribution in [3.63, 3.8) is 0 Å². The summed E-state index contributed by atoms with van der Waals surface area (Å²) in [5.74, 6) is 0.0569. The van der Waals surface area contributed by atoms with Gasteiger partial charge in [-0.3, -0.25) is 4.79 Å². The van der Waals surface area contributed by atoms with E-state index in [-0.39, 0.29) is 18.4 Å². The highest BCUT2D eigenvalue weighted by Crippen LogP contribution is 1.97. The molecule has 0 bridgehead atoms. The van der Waals surface area contributed by atoms with Gasteiger partial charge in [0.25, 0.3) is 0 Å². The number of rotatable bonds is 3. The largest absolute Gasteiger partial charge is 0.396 e. The van der Waals surface area contributed by atoms with Gasteiger partial charge in [-0.1, -0.05) is 6.92 Å². The highest BCUT2D eigenvalue weighted by molar-refractivity contribution is 5.75. The number of nitrogens with one attached hydrogen (secondary N) is 1. The van der Waals surface area contributed by atoms with Gasteiger partial charge in [0.1, 0.15) is 0 Å². The third-order valence-electron chi connectivity index (χ3n) is 1.12. The average molecular weight is 131 g/mol. The van der Waals surface area contributed by atoms with Crippen molar-refractivity contribution < 1.29 is 9.90 Å². The molecule has 1 amide bonds. The molecule has 3 nitrogen and oxygen atoms in total. The third-order valence-corrected chi connectivity index (χ3v) is 1.12. The first-order valence-electron chi connectivity index (χ1n) is 3.02. The van der Waals surface area contributed by atoms with Crippen LogP contribution >= 0.6 is 0 Å². The van der Waals surface area contributed by atoms with Crippen molar-refractivity contribution >= 4 is 5.91 Å². The van der Waals surface area contributed by atoms with E-state index in [0.717, 1.165) is 0 Å². The monoisotopic (exact) mass is 131 g/mol. The van der Waals surface area contributed by atoms with Crippen LogP contribution in [-0.2, 0) is 4.79 Å². The van der Waals surface area contributed by atoms with Gasteiger partial charge in [-0.25, -0.2) is 0 Å². The van der Waals surface area contributed by atoms with Gasteiger partial charge in [-0.15, -0.1) is 0 Å². The second-order valence-electron chi connectivity index (χ2n) is 2.17. The summed E-state index contributed by atoms with van der Waals surface area (Å²) >= 11 is 0. The molecule has 0 heterocycles. The Hall–Kier alpha value is -0.570. The van der Waals surface area contributed by atoms with Gasteiger partial charge >= 0.3 is 0 Å². The van der Waals surface area contributed by atoms with Crippen molar-refractivity contribution in [1.29, 1.82) is 0 Å². The number of amides is 1. The Balaban J connectivity index is 3.34. The first kappa shape index (κ1) is 8.43. The summed E-state index contributed by atoms with van der Waals surface area (Å²) < 4.78 is 0. The van der Waals surface area contributed by atoms with Crippen LogP contribution in [0.4, 0.5) is 0 Å². The Morgan fingerprint density at radius 2 is 2.33 bits per heavy atom. The fraction of sp³-hybridized carbons (Fsp3) is 0.833. The van der Waals surface area contributed by atoms with Crippen LogP contribution < -0.4 is 5.32 Å². The van der Waals surface area contributed by atoms with Gasteiger partial charge in [0.15, 0.2) is 0 Å². The maximum atomic E-state index is 10.6. The Morgan fingerprint density at radius 3 is 2.67 bits per heavy atom. The molecule has 0 saturated carbocycles. The molecular weight excluding hydrogens is 118 g/mol. The van der Waals surface area contributed by atoms with E-state index in [4.69, 9.17) is 5.11 Å². The Bertz CT molecular complexity index is 93.1. The van der Waals surface area contributed by atoms with Crippen LogP contribution in [-0.4, -0.2) is 24.7 Å². The van der Waals surface area contributed by atoms with Crippen LogP contribution in [0.15, 0.2) is 0 Å². The lowest BCUT2D eigenvalue weighted by molar-refractivity contribution is -0.121. The zero-order chi connectivity index (χ0) is 7.28. The fourth-order valence-corrected chi connectivity index (χ4v) is 0.483. The normalized spacial score (nSPS) is 12.8. The molecule has 0 spiro atoms. The lowest BCUT2D eigenvalue weighted by Gasteiger charge is -2.04. The van der Waals surface area contributed by atoms with Crippen LogP contribution in [0.3, 0.4) is 0 Å². The molecule has 0 saturated heterocycles. The molecule has 0 aromatic carbocycles. The lowest BCUT2D eigenvalue weighted by Crippen LogP contribution is -2.21. The number of aliphatic hydroxyl groups is 1. The van der Waals surface area contributed by atoms with Gasteiger partial charge in [0, 0.05) is 20.1 Å². The minimum Gasteiger partial charge on any atom is -0.396 e. The van der Waals surface area contributed by atoms with E-state index in [0.29, 0.717) is 6.42 Å². The van der Waals surface area contributed by atoms with Crippen molar-refractivity contribution in [3.8, 4) is 0 Å². The molecule has 1 unspecified atom stereocenters. The Kier molecular flexibility index (Phi) is 4.05. The summed E-state index contributed by atoms with van der Waals surface area (Å²) in [6.07, 6.45) is 0.410. The summed E-state index contributed by atoms with van der Waals surface area (Å²) in [5.41, 5.74) is 0. The zero-order valence-electron chi connectivity index (χ0n) is 5.85. The molecule has 0 aliphatic rings. The van der Waals surface area contributed by atoms with Crippen molar-refractivity contribution in [2.24, 2.45) is 5.92 Å². The van der Waals surface area contributed by atoms with Gasteiger partial charge in [-0.2, -0.15) is 0 Å². The summed E-state index contributed by atoms with van der Waals surface area (Å²) in [6.45, 7) is 1.91. The molecule has 1 atom stereocenters. The first-order valence-corrected chi connectivity index (χ1v) is 3.02. The van der Waals surface area contributed by atoms with Crippen LogP contribution in [0.2, 0.25) is 0 Å². The van der Waals surface area contributed by atoms with E-state index < -0.39 is 0 Å². The highest BCUT2D eigenvalue weighted by Gasteiger charge is 2.04. The van der Waals surface area contributed by atoms with Gasteiger partial charge in [-0.05, 0) is 5.92 Å². The summed E-state index contributed by atoms with van der Waals surface area (Å²) in [4.78, 5) is 10.6. The van der Waals surface area contributed by atoms with Crippen LogP contribution in [0.1, 0.15) is 13.3 Å². The molecule has 2 N–H and O–H groups in total. The average Bonchev–Trinajstić information content (AvgIpc) is 1.87. The Morgan fingerprint density at radius 1 is 1.78 bits per heavy atom. The van der Waals surface area contributed by atoms with E-state index >= 15 is 0 Å². The van der Waals surface area contributed by atoms with Gasteiger partial charge in [0.2, 0.25) is 5.91 Å². The molecule has 0 radical (unpaired) electrons. The van der Waals surface area contributed by atoms with Crippen LogP contribution in [0, 0.1) is 5.92 Å². The molecule has 9 heavy (non-hydrogen) atoms. The molecular formula is C6H13NO2. The van der Waals surface area contributed by atoms with Crippen molar-refractivity contribution in [2.75, 3.05) is 13.7 Å². The second-order valence-corrected chi connectivity index (χ2v) is 2.17. The summed E-state index contributed by atoms with van der Waals surface area (Å²) in [5, 5.41) is 11.0. The van der Waals surface area contributed by atoms with E-state index in [2.05, 4.69) is 5.32 Å². The predicted octanol–water partition coefficient (Wildman–Crippen LogP) is -0.249. The van der Waals surface area contributed by atoms with E-state index in [1.807, 2.05) is 6.92 Å². The van der Waals surface area contributed by atoms with E-state index in [1.165, 1.54) is 0 Å². The van der Waals surface area contributed by atoms with Crippen LogP contribution in [0.5, 0.6) is 0 Å². The van der Waals surface area contributed by atoms with Crippen LogP contribution in [0.25, 0.3) is 0 Å². The second kappa shape index (κ2) is 4.32. The molecule has 0 aromatic rings. The quantitative estimate of drug-likeness (QED) is 0.555. The molecule has 0 aliphatic heterocycles. The molecule has 0 aromatic heterocycles. The lowest BCUT2D eigenvalue weighted by atomic mass is 10.1. The number of hydrogen-bond acceptors (Lipinski definition) is 2. The van der Waals surface area contributed by atoms with Gasteiger partial charge < -0.3 is 10.4 Å². The number of hydrogen-bond donors (Lipinski definition) is 2. The predicted molar refractivity (Wildman–Crippen MR) is 34.9 cm³/mol. The Labute approximate surface area is 55.1 Å². The SMILES string of the molecule is CNC(=O)CC(C)CO. The third kappa shape index (κ3) is 3.97. The minimum absolute atomic E-state index is 0.0171. The molecule has 0 rings (SSSR count). The first-order chi connectivity index (χ1) is 4.20. The number of aliphatic hydroxyl groups excluding tert-OH is 1. The van der Waals surface area contributed by atoms with Gasteiger partial charge in [0.05, 0.1) is 0 Å². The maximum absolute atomic E-state index is 10.6. The topological polar surface area (TPSA) is 49.3 Å². The van der Waals surface area contributed by atoms with E-state index in [1.54, 1.807) is 7.05 Å². The molecule has 0 fully saturated rings. The fourth-order valence-electron chi connectivity index (χ4n) is 0.483. The van der Waals surface area contributed by atoms with E-state index in [9.17, 15) is 4.79 Å². The van der Waals surface area contributed by atoms with Crippen molar-refractivity contribution in [1.82, 2.24) is 5.32 Å². The minimum atomic E-state index is -0.0171. The van der Waals surface area contributed by atoms with Crippen molar-refractivity contribution in [3.05, 3.63) is 0 Å². The molecule has 3 heteroatoms. The zero-order valence-corrected chi connectivity index (χ0v) is 5.85.